The van der Waals surface area contributed by atoms with E-state index in [2.05, 4.69) is 4.72 Å². The van der Waals surface area contributed by atoms with E-state index in [1.807, 2.05) is 74.5 Å². The minimum absolute atomic E-state index is 0.161. The van der Waals surface area contributed by atoms with Gasteiger partial charge in [-0.25, -0.2) is 0 Å². The molecule has 0 bridgehead atoms. The molecular formula is C27H28ClN3O2S. The van der Waals surface area contributed by atoms with Crippen molar-refractivity contribution in [3.63, 3.8) is 0 Å². The van der Waals surface area contributed by atoms with Crippen LogP contribution in [0.3, 0.4) is 0 Å². The van der Waals surface area contributed by atoms with Crippen LogP contribution in [0.1, 0.15) is 37.8 Å². The summed E-state index contributed by atoms with van der Waals surface area (Å²) in [4.78, 5) is 28.6. The van der Waals surface area contributed by atoms with Crippen LogP contribution in [-0.4, -0.2) is 24.1 Å². The fraction of sp³-hybridized carbons (Fsp3) is 0.222. The van der Waals surface area contributed by atoms with Crippen molar-refractivity contribution < 1.29 is 9.59 Å². The third kappa shape index (κ3) is 6.95. The summed E-state index contributed by atoms with van der Waals surface area (Å²) < 4.78 is 2.82. The highest BCUT2D eigenvalue weighted by Gasteiger charge is 2.25. The van der Waals surface area contributed by atoms with Crippen LogP contribution in [-0.2, 0) is 9.59 Å². The Hall–Kier alpha value is -3.09. The molecule has 5 nitrogen and oxygen atoms in total. The molecule has 2 N–H and O–H groups in total. The minimum atomic E-state index is -0.307. The van der Waals surface area contributed by atoms with Gasteiger partial charge in [-0.3, -0.25) is 19.7 Å². The largest absolute Gasteiger partial charge is 0.302 e. The summed E-state index contributed by atoms with van der Waals surface area (Å²) in [6.07, 6.45) is 1.15. The molecule has 1 unspecified atom stereocenters. The van der Waals surface area contributed by atoms with Crippen molar-refractivity contribution >= 4 is 46.8 Å². The Morgan fingerprint density at radius 2 is 1.68 bits per heavy atom. The van der Waals surface area contributed by atoms with Gasteiger partial charge in [-0.15, -0.1) is 0 Å². The summed E-state index contributed by atoms with van der Waals surface area (Å²) in [5.41, 5.74) is 1.93. The second-order valence-electron chi connectivity index (χ2n) is 8.04. The quantitative estimate of drug-likeness (QED) is 0.255. The lowest BCUT2D eigenvalue weighted by Crippen LogP contribution is -2.40. The van der Waals surface area contributed by atoms with E-state index in [1.54, 1.807) is 18.2 Å². The standard InChI is InChI=1S/C27H28ClN3O2S/c1-3-19(2)16-26(33)31(18-25(32)30-34-22-12-8-5-9-13-22)24-15-14-21(28)17-23(24)27(29)20-10-6-4-7-11-20/h4-15,17,19,29H,3,16,18H2,1-2H3,(H,30,32). The number of nitrogens with one attached hydrogen (secondary N) is 2. The zero-order chi connectivity index (χ0) is 24.5. The highest BCUT2D eigenvalue weighted by Crippen LogP contribution is 2.28. The van der Waals surface area contributed by atoms with E-state index in [0.717, 1.165) is 11.3 Å². The smallest absolute Gasteiger partial charge is 0.250 e. The Kier molecular flexibility index (Phi) is 9.31. The average molecular weight is 494 g/mol. The summed E-state index contributed by atoms with van der Waals surface area (Å²) in [7, 11) is 0. The van der Waals surface area contributed by atoms with Crippen molar-refractivity contribution in [1.29, 1.82) is 5.41 Å². The van der Waals surface area contributed by atoms with Crippen molar-refractivity contribution in [2.24, 2.45) is 5.92 Å². The van der Waals surface area contributed by atoms with Gasteiger partial charge in [0.2, 0.25) is 11.8 Å². The minimum Gasteiger partial charge on any atom is -0.302 e. The Balaban J connectivity index is 1.92. The highest BCUT2D eigenvalue weighted by molar-refractivity contribution is 7.98. The molecule has 0 spiro atoms. The lowest BCUT2D eigenvalue weighted by molar-refractivity contribution is -0.123. The van der Waals surface area contributed by atoms with Crippen molar-refractivity contribution in [3.05, 3.63) is 95.0 Å². The van der Waals surface area contributed by atoms with Gasteiger partial charge in [0, 0.05) is 27.5 Å². The van der Waals surface area contributed by atoms with E-state index in [0.29, 0.717) is 28.3 Å². The summed E-state index contributed by atoms with van der Waals surface area (Å²) >= 11 is 7.48. The van der Waals surface area contributed by atoms with Gasteiger partial charge >= 0.3 is 0 Å². The van der Waals surface area contributed by atoms with Gasteiger partial charge in [0.25, 0.3) is 0 Å². The van der Waals surface area contributed by atoms with E-state index >= 15 is 0 Å². The number of halogens is 1. The molecule has 0 fully saturated rings. The molecule has 3 rings (SSSR count). The first kappa shape index (κ1) is 25.5. The number of amides is 2. The first-order valence-corrected chi connectivity index (χ1v) is 12.3. The van der Waals surface area contributed by atoms with Crippen LogP contribution in [0.5, 0.6) is 0 Å². The molecule has 0 aliphatic carbocycles. The van der Waals surface area contributed by atoms with E-state index in [9.17, 15) is 9.59 Å². The van der Waals surface area contributed by atoms with Gasteiger partial charge in [0.1, 0.15) is 6.54 Å². The fourth-order valence-electron chi connectivity index (χ4n) is 3.34. The van der Waals surface area contributed by atoms with Crippen molar-refractivity contribution in [3.8, 4) is 0 Å². The van der Waals surface area contributed by atoms with E-state index in [-0.39, 0.29) is 30.0 Å². The predicted molar refractivity (Wildman–Crippen MR) is 141 cm³/mol. The van der Waals surface area contributed by atoms with Crippen LogP contribution >= 0.6 is 23.5 Å². The third-order valence-corrected chi connectivity index (χ3v) is 6.50. The predicted octanol–water partition coefficient (Wildman–Crippen LogP) is 6.35. The molecule has 0 aliphatic rings. The number of rotatable bonds is 10. The molecule has 0 saturated carbocycles. The number of nitrogens with zero attached hydrogens (tertiary/aromatic N) is 1. The van der Waals surface area contributed by atoms with Crippen molar-refractivity contribution in [2.75, 3.05) is 11.4 Å². The van der Waals surface area contributed by atoms with Gasteiger partial charge in [0.05, 0.1) is 11.4 Å². The van der Waals surface area contributed by atoms with Crippen LogP contribution in [0.2, 0.25) is 5.02 Å². The molecule has 34 heavy (non-hydrogen) atoms. The van der Waals surface area contributed by atoms with Crippen LogP contribution in [0.15, 0.2) is 83.8 Å². The molecular weight excluding hydrogens is 466 g/mol. The Bertz CT molecular complexity index is 1140. The topological polar surface area (TPSA) is 73.3 Å². The first-order valence-electron chi connectivity index (χ1n) is 11.1. The van der Waals surface area contributed by atoms with E-state index in [1.165, 1.54) is 16.8 Å². The molecule has 0 radical (unpaired) electrons. The third-order valence-electron chi connectivity index (χ3n) is 5.43. The monoisotopic (exact) mass is 493 g/mol. The van der Waals surface area contributed by atoms with Crippen molar-refractivity contribution in [1.82, 2.24) is 4.72 Å². The second kappa shape index (κ2) is 12.4. The summed E-state index contributed by atoms with van der Waals surface area (Å²) in [6, 6.07) is 23.8. The summed E-state index contributed by atoms with van der Waals surface area (Å²) in [5, 5.41) is 9.25. The van der Waals surface area contributed by atoms with Crippen LogP contribution < -0.4 is 9.62 Å². The zero-order valence-electron chi connectivity index (χ0n) is 19.3. The second-order valence-corrected chi connectivity index (χ2v) is 9.36. The lowest BCUT2D eigenvalue weighted by atomic mass is 9.99. The zero-order valence-corrected chi connectivity index (χ0v) is 20.8. The number of hydrogen-bond donors (Lipinski definition) is 2. The Morgan fingerprint density at radius 3 is 2.32 bits per heavy atom. The molecule has 0 saturated heterocycles. The maximum atomic E-state index is 13.4. The fourth-order valence-corrected chi connectivity index (χ4v) is 4.11. The lowest BCUT2D eigenvalue weighted by Gasteiger charge is -2.26. The number of carbonyl (C=O) groups excluding carboxylic acids is 2. The first-order chi connectivity index (χ1) is 16.4. The van der Waals surface area contributed by atoms with E-state index in [4.69, 9.17) is 17.0 Å². The highest BCUT2D eigenvalue weighted by atomic mass is 35.5. The van der Waals surface area contributed by atoms with Crippen LogP contribution in [0.25, 0.3) is 0 Å². The molecule has 3 aromatic carbocycles. The molecule has 176 valence electrons. The Morgan fingerprint density at radius 1 is 1.03 bits per heavy atom. The SMILES string of the molecule is CCC(C)CC(=O)N(CC(=O)NSc1ccccc1)c1ccc(Cl)cc1C(=N)c1ccccc1. The van der Waals surface area contributed by atoms with Crippen molar-refractivity contribution in [2.45, 2.75) is 31.6 Å². The number of hydrogen-bond acceptors (Lipinski definition) is 4. The number of carbonyl (C=O) groups is 2. The van der Waals surface area contributed by atoms with Crippen LogP contribution in [0, 0.1) is 11.3 Å². The Labute approximate surface area is 210 Å². The maximum absolute atomic E-state index is 13.4. The van der Waals surface area contributed by atoms with Gasteiger partial charge < -0.3 is 4.90 Å². The number of benzene rings is 3. The van der Waals surface area contributed by atoms with Gasteiger partial charge in [0.15, 0.2) is 0 Å². The van der Waals surface area contributed by atoms with Gasteiger partial charge in [-0.2, -0.15) is 0 Å². The normalized spacial score (nSPS) is 11.5. The van der Waals surface area contributed by atoms with E-state index < -0.39 is 0 Å². The molecule has 0 aromatic heterocycles. The molecule has 2 amide bonds. The molecule has 0 heterocycles. The molecule has 3 aromatic rings. The molecule has 0 aliphatic heterocycles. The van der Waals surface area contributed by atoms with Gasteiger partial charge in [-0.05, 0) is 48.2 Å². The van der Waals surface area contributed by atoms with Gasteiger partial charge in [-0.1, -0.05) is 80.4 Å². The maximum Gasteiger partial charge on any atom is 0.250 e. The average Bonchev–Trinajstić information content (AvgIpc) is 2.86. The molecule has 7 heteroatoms. The number of anilines is 1. The summed E-state index contributed by atoms with van der Waals surface area (Å²) in [5.74, 6) is -0.307. The molecule has 1 atom stereocenters. The van der Waals surface area contributed by atoms with Crippen LogP contribution in [0.4, 0.5) is 5.69 Å². The summed E-state index contributed by atoms with van der Waals surface area (Å²) in [6.45, 7) is 3.88.